The first-order valence-corrected chi connectivity index (χ1v) is 6.85. The highest BCUT2D eigenvalue weighted by Crippen LogP contribution is 2.29. The van der Waals surface area contributed by atoms with Crippen molar-refractivity contribution < 1.29 is 8.81 Å². The van der Waals surface area contributed by atoms with E-state index in [-0.39, 0.29) is 11.9 Å². The number of hydrogen-bond acceptors (Lipinski definition) is 2. The third-order valence-corrected chi connectivity index (χ3v) is 3.47. The molecule has 1 heterocycles. The molecule has 0 fully saturated rings. The second-order valence-electron chi connectivity index (χ2n) is 4.94. The van der Waals surface area contributed by atoms with E-state index in [1.165, 1.54) is 6.07 Å². The summed E-state index contributed by atoms with van der Waals surface area (Å²) in [5.41, 5.74) is 2.39. The van der Waals surface area contributed by atoms with Gasteiger partial charge in [0.05, 0.1) is 12.0 Å². The van der Waals surface area contributed by atoms with E-state index in [2.05, 4.69) is 5.32 Å². The molecule has 2 nitrogen and oxygen atoms in total. The van der Waals surface area contributed by atoms with E-state index in [0.29, 0.717) is 5.69 Å². The van der Waals surface area contributed by atoms with Crippen molar-refractivity contribution in [3.63, 3.8) is 0 Å². The highest BCUT2D eigenvalue weighted by Gasteiger charge is 2.18. The van der Waals surface area contributed by atoms with Crippen LogP contribution in [0.15, 0.2) is 71.3 Å². The third kappa shape index (κ3) is 2.82. The first-order valence-electron chi connectivity index (χ1n) is 6.85. The van der Waals surface area contributed by atoms with Gasteiger partial charge in [-0.05, 0) is 36.2 Å². The van der Waals surface area contributed by atoms with Crippen LogP contribution in [0.25, 0.3) is 0 Å². The molecule has 106 valence electrons. The maximum atomic E-state index is 14.1. The highest BCUT2D eigenvalue weighted by molar-refractivity contribution is 5.54. The van der Waals surface area contributed by atoms with Gasteiger partial charge in [-0.2, -0.15) is 0 Å². The number of halogens is 1. The minimum absolute atomic E-state index is 0.225. The topological polar surface area (TPSA) is 25.2 Å². The van der Waals surface area contributed by atoms with Crippen LogP contribution < -0.4 is 5.32 Å². The van der Waals surface area contributed by atoms with E-state index < -0.39 is 0 Å². The van der Waals surface area contributed by atoms with Crippen molar-refractivity contribution in [2.24, 2.45) is 0 Å². The van der Waals surface area contributed by atoms with Crippen LogP contribution in [0.2, 0.25) is 0 Å². The Balaban J connectivity index is 2.01. The summed E-state index contributed by atoms with van der Waals surface area (Å²) in [5.74, 6) is 0.492. The van der Waals surface area contributed by atoms with Crippen molar-refractivity contribution in [1.29, 1.82) is 0 Å². The van der Waals surface area contributed by atoms with E-state index in [1.807, 2.05) is 55.5 Å². The van der Waals surface area contributed by atoms with Crippen molar-refractivity contribution in [3.05, 3.63) is 89.6 Å². The van der Waals surface area contributed by atoms with Crippen LogP contribution in [0.5, 0.6) is 0 Å². The van der Waals surface area contributed by atoms with Crippen molar-refractivity contribution in [3.8, 4) is 0 Å². The van der Waals surface area contributed by atoms with Crippen molar-refractivity contribution in [1.82, 2.24) is 0 Å². The largest absolute Gasteiger partial charge is 0.467 e. The second kappa shape index (κ2) is 5.83. The molecule has 0 aliphatic heterocycles. The lowest BCUT2D eigenvalue weighted by molar-refractivity contribution is 0.498. The molecule has 0 radical (unpaired) electrons. The summed E-state index contributed by atoms with van der Waals surface area (Å²) in [7, 11) is 0. The normalized spacial score (nSPS) is 12.1. The van der Waals surface area contributed by atoms with Gasteiger partial charge >= 0.3 is 0 Å². The van der Waals surface area contributed by atoms with Crippen LogP contribution in [-0.2, 0) is 0 Å². The van der Waals surface area contributed by atoms with Crippen LogP contribution in [0.1, 0.15) is 22.9 Å². The molecule has 3 heteroatoms. The molecule has 0 aliphatic carbocycles. The Labute approximate surface area is 123 Å². The van der Waals surface area contributed by atoms with E-state index in [0.717, 1.165) is 16.9 Å². The molecule has 0 bridgehead atoms. The van der Waals surface area contributed by atoms with Crippen LogP contribution in [0, 0.1) is 12.7 Å². The van der Waals surface area contributed by atoms with Gasteiger partial charge in [-0.1, -0.05) is 42.5 Å². The molecule has 2 aromatic carbocycles. The second-order valence-corrected chi connectivity index (χ2v) is 4.94. The monoisotopic (exact) mass is 281 g/mol. The Kier molecular flexibility index (Phi) is 3.73. The van der Waals surface area contributed by atoms with Crippen LogP contribution >= 0.6 is 0 Å². The maximum absolute atomic E-state index is 14.1. The number of rotatable bonds is 4. The quantitative estimate of drug-likeness (QED) is 0.733. The minimum Gasteiger partial charge on any atom is -0.467 e. The number of anilines is 1. The highest BCUT2D eigenvalue weighted by atomic mass is 19.1. The Bertz CT molecular complexity index is 687. The summed E-state index contributed by atoms with van der Waals surface area (Å²) >= 11 is 0. The number of benzene rings is 2. The van der Waals surface area contributed by atoms with Crippen LogP contribution in [0.3, 0.4) is 0 Å². The smallest absolute Gasteiger partial charge is 0.146 e. The summed E-state index contributed by atoms with van der Waals surface area (Å²) in [5, 5.41) is 3.27. The molecular weight excluding hydrogens is 265 g/mol. The molecule has 1 N–H and O–H groups in total. The summed E-state index contributed by atoms with van der Waals surface area (Å²) in [6, 6.07) is 18.4. The summed E-state index contributed by atoms with van der Waals surface area (Å²) < 4.78 is 19.6. The maximum Gasteiger partial charge on any atom is 0.146 e. The van der Waals surface area contributed by atoms with Crippen molar-refractivity contribution in [2.45, 2.75) is 13.0 Å². The Hall–Kier alpha value is -2.55. The van der Waals surface area contributed by atoms with E-state index in [1.54, 1.807) is 12.3 Å². The van der Waals surface area contributed by atoms with Gasteiger partial charge in [0.2, 0.25) is 0 Å². The summed E-state index contributed by atoms with van der Waals surface area (Å²) in [6.07, 6.45) is 1.63. The number of aryl methyl sites for hydroxylation is 1. The minimum atomic E-state index is -0.262. The van der Waals surface area contributed by atoms with Gasteiger partial charge in [-0.25, -0.2) is 4.39 Å². The molecule has 21 heavy (non-hydrogen) atoms. The average molecular weight is 281 g/mol. The Morgan fingerprint density at radius 1 is 0.952 bits per heavy atom. The SMILES string of the molecule is Cc1cccc(F)c1NC(c1ccccc1)c1ccco1. The molecule has 1 atom stereocenters. The van der Waals surface area contributed by atoms with Gasteiger partial charge in [0.25, 0.3) is 0 Å². The molecule has 0 saturated heterocycles. The predicted molar refractivity (Wildman–Crippen MR) is 81.8 cm³/mol. The molecule has 1 unspecified atom stereocenters. The Morgan fingerprint density at radius 2 is 1.76 bits per heavy atom. The lowest BCUT2D eigenvalue weighted by Crippen LogP contribution is -2.13. The third-order valence-electron chi connectivity index (χ3n) is 3.47. The zero-order chi connectivity index (χ0) is 14.7. The molecular formula is C18H16FNO. The summed E-state index contributed by atoms with van der Waals surface area (Å²) in [6.45, 7) is 1.88. The standard InChI is InChI=1S/C18H16FNO/c1-13-7-5-10-15(19)17(13)20-18(16-11-6-12-21-16)14-8-3-2-4-9-14/h2-12,18,20H,1H3. The summed E-state index contributed by atoms with van der Waals surface area (Å²) in [4.78, 5) is 0. The van der Waals surface area contributed by atoms with Gasteiger partial charge in [-0.3, -0.25) is 0 Å². The van der Waals surface area contributed by atoms with Gasteiger partial charge in [0.15, 0.2) is 0 Å². The van der Waals surface area contributed by atoms with Crippen molar-refractivity contribution in [2.75, 3.05) is 5.32 Å². The predicted octanol–water partition coefficient (Wildman–Crippen LogP) is 4.93. The average Bonchev–Trinajstić information content (AvgIpc) is 3.02. The fourth-order valence-corrected chi connectivity index (χ4v) is 2.38. The lowest BCUT2D eigenvalue weighted by atomic mass is 10.0. The van der Waals surface area contributed by atoms with E-state index in [4.69, 9.17) is 4.42 Å². The molecule has 3 rings (SSSR count). The molecule has 0 spiro atoms. The molecule has 0 saturated carbocycles. The molecule has 3 aromatic rings. The van der Waals surface area contributed by atoms with Gasteiger partial charge in [0, 0.05) is 0 Å². The fourth-order valence-electron chi connectivity index (χ4n) is 2.38. The zero-order valence-electron chi connectivity index (χ0n) is 11.7. The van der Waals surface area contributed by atoms with Gasteiger partial charge in [0.1, 0.15) is 17.6 Å². The molecule has 0 amide bonds. The van der Waals surface area contributed by atoms with Crippen LogP contribution in [0.4, 0.5) is 10.1 Å². The zero-order valence-corrected chi connectivity index (χ0v) is 11.7. The molecule has 0 aliphatic rings. The first-order chi connectivity index (χ1) is 10.3. The van der Waals surface area contributed by atoms with Gasteiger partial charge < -0.3 is 9.73 Å². The number of hydrogen-bond donors (Lipinski definition) is 1. The Morgan fingerprint density at radius 3 is 2.43 bits per heavy atom. The van der Waals surface area contributed by atoms with Gasteiger partial charge in [-0.15, -0.1) is 0 Å². The molecule has 1 aromatic heterocycles. The first kappa shape index (κ1) is 13.4. The van der Waals surface area contributed by atoms with E-state index >= 15 is 0 Å². The number of furan rings is 1. The van der Waals surface area contributed by atoms with E-state index in [9.17, 15) is 4.39 Å². The lowest BCUT2D eigenvalue weighted by Gasteiger charge is -2.20. The van der Waals surface area contributed by atoms with Crippen molar-refractivity contribution >= 4 is 5.69 Å². The van der Waals surface area contributed by atoms with Crippen LogP contribution in [-0.4, -0.2) is 0 Å². The number of nitrogens with one attached hydrogen (secondary N) is 1. The number of para-hydroxylation sites is 1. The fraction of sp³-hybridized carbons (Fsp3) is 0.111.